The number of piperidine rings is 1. The molecule has 158 valence electrons. The summed E-state index contributed by atoms with van der Waals surface area (Å²) in [6, 6.07) is 6.16. The minimum atomic E-state index is -3.80. The largest absolute Gasteiger partial charge is 0.361 e. The first kappa shape index (κ1) is 21.5. The average Bonchev–Trinajstić information content (AvgIpc) is 3.10. The van der Waals surface area contributed by atoms with E-state index in [0.717, 1.165) is 27.6 Å². The second-order valence-electron chi connectivity index (χ2n) is 7.37. The number of hydrogen-bond acceptors (Lipinski definition) is 4. The van der Waals surface area contributed by atoms with Crippen molar-refractivity contribution in [2.24, 2.45) is 11.2 Å². The smallest absolute Gasteiger partial charge is 0.306 e. The maximum Gasteiger partial charge on any atom is 0.306 e. The van der Waals surface area contributed by atoms with Crippen LogP contribution < -0.4 is 21.6 Å². The molecule has 1 saturated heterocycles. The molecule has 1 aliphatic rings. The summed E-state index contributed by atoms with van der Waals surface area (Å²) in [6.45, 7) is 2.70. The highest BCUT2D eigenvalue weighted by molar-refractivity contribution is 7.57. The van der Waals surface area contributed by atoms with Crippen LogP contribution in [-0.4, -0.2) is 46.6 Å². The van der Waals surface area contributed by atoms with Crippen LogP contribution in [0, 0.1) is 0 Å². The predicted molar refractivity (Wildman–Crippen MR) is 113 cm³/mol. The van der Waals surface area contributed by atoms with E-state index < -0.39 is 25.6 Å². The van der Waals surface area contributed by atoms with E-state index in [9.17, 15) is 14.2 Å². The lowest BCUT2D eigenvalue weighted by molar-refractivity contribution is -0.130. The van der Waals surface area contributed by atoms with E-state index in [1.54, 1.807) is 0 Å². The Kier molecular flexibility index (Phi) is 6.74. The number of amides is 2. The Labute approximate surface area is 170 Å². The van der Waals surface area contributed by atoms with Crippen LogP contribution in [0.15, 0.2) is 30.5 Å². The Balaban J connectivity index is 1.84. The van der Waals surface area contributed by atoms with Gasteiger partial charge in [0.15, 0.2) is 0 Å². The van der Waals surface area contributed by atoms with E-state index in [1.807, 2.05) is 37.4 Å². The summed E-state index contributed by atoms with van der Waals surface area (Å²) < 4.78 is 14.3. The molecule has 1 aromatic carbocycles. The van der Waals surface area contributed by atoms with Crippen LogP contribution >= 0.6 is 7.59 Å². The van der Waals surface area contributed by atoms with E-state index in [1.165, 1.54) is 0 Å². The summed E-state index contributed by atoms with van der Waals surface area (Å²) in [6.07, 6.45) is 4.02. The van der Waals surface area contributed by atoms with Gasteiger partial charge in [0.05, 0.1) is 12.1 Å². The van der Waals surface area contributed by atoms with Gasteiger partial charge in [-0.1, -0.05) is 25.1 Å². The number of aromatic amines is 1. The summed E-state index contributed by atoms with van der Waals surface area (Å²) in [5, 5.41) is 6.58. The maximum absolute atomic E-state index is 13.2. The Hall–Kier alpha value is -2.19. The number of nitrogens with two attached hydrogens (primary N) is 2. The van der Waals surface area contributed by atoms with Crippen molar-refractivity contribution >= 4 is 30.3 Å². The molecule has 3 atom stereocenters. The first-order chi connectivity index (χ1) is 13.8. The van der Waals surface area contributed by atoms with E-state index in [-0.39, 0.29) is 18.9 Å². The first-order valence-corrected chi connectivity index (χ1v) is 11.6. The fourth-order valence-electron chi connectivity index (χ4n) is 3.56. The molecule has 0 bridgehead atoms. The van der Waals surface area contributed by atoms with E-state index in [2.05, 4.69) is 15.4 Å². The summed E-state index contributed by atoms with van der Waals surface area (Å²) in [7, 11) is -3.80. The van der Waals surface area contributed by atoms with E-state index >= 15 is 0 Å². The van der Waals surface area contributed by atoms with Crippen molar-refractivity contribution in [2.45, 2.75) is 44.7 Å². The molecule has 1 fully saturated rings. The fourth-order valence-corrected chi connectivity index (χ4v) is 5.24. The number of nitrogens with zero attached hydrogens (tertiary/aromatic N) is 1. The molecule has 0 aliphatic carbocycles. The molecule has 7 N–H and O–H groups in total. The van der Waals surface area contributed by atoms with Crippen molar-refractivity contribution in [3.05, 3.63) is 36.0 Å². The van der Waals surface area contributed by atoms with E-state index in [4.69, 9.17) is 11.2 Å². The Morgan fingerprint density at radius 2 is 2.17 bits per heavy atom. The lowest BCUT2D eigenvalue weighted by Crippen LogP contribution is -2.53. The zero-order valence-corrected chi connectivity index (χ0v) is 17.5. The van der Waals surface area contributed by atoms with Gasteiger partial charge in [0.2, 0.25) is 11.8 Å². The third kappa shape index (κ3) is 4.87. The number of carbonyl (C=O) groups is 2. The molecule has 0 radical (unpaired) electrons. The highest BCUT2D eigenvalue weighted by Crippen LogP contribution is 2.40. The normalized spacial score (nSPS) is 20.4. The summed E-state index contributed by atoms with van der Waals surface area (Å²) in [4.78, 5) is 28.3. The maximum atomic E-state index is 13.2. The molecule has 29 heavy (non-hydrogen) atoms. The Morgan fingerprint density at radius 1 is 1.41 bits per heavy atom. The third-order valence-electron chi connectivity index (χ3n) is 5.12. The van der Waals surface area contributed by atoms with Gasteiger partial charge in [-0.3, -0.25) is 24.3 Å². The molecule has 3 rings (SSSR count). The van der Waals surface area contributed by atoms with Crippen LogP contribution in [-0.2, 0) is 20.6 Å². The van der Waals surface area contributed by atoms with Gasteiger partial charge >= 0.3 is 7.59 Å². The van der Waals surface area contributed by atoms with Crippen LogP contribution in [0.3, 0.4) is 0 Å². The summed E-state index contributed by atoms with van der Waals surface area (Å²) >= 11 is 0. The van der Waals surface area contributed by atoms with Crippen molar-refractivity contribution in [2.75, 3.05) is 13.1 Å². The number of H-pyrrole nitrogens is 1. The number of nitrogens with one attached hydrogen (secondary N) is 3. The lowest BCUT2D eigenvalue weighted by atomic mass is 10.1. The highest BCUT2D eigenvalue weighted by atomic mass is 31.2. The van der Waals surface area contributed by atoms with Crippen LogP contribution in [0.4, 0.5) is 0 Å². The molecule has 0 saturated carbocycles. The predicted octanol–water partition coefficient (Wildman–Crippen LogP) is 1.21. The number of para-hydroxylation sites is 1. The molecular weight excluding hydrogens is 391 g/mol. The van der Waals surface area contributed by atoms with Crippen LogP contribution in [0.5, 0.6) is 0 Å². The second kappa shape index (κ2) is 9.09. The molecule has 2 amide bonds. The number of hydrogen-bond donors (Lipinski definition) is 5. The van der Waals surface area contributed by atoms with Crippen LogP contribution in [0.2, 0.25) is 0 Å². The molecule has 9 nitrogen and oxygen atoms in total. The highest BCUT2D eigenvalue weighted by Gasteiger charge is 2.39. The summed E-state index contributed by atoms with van der Waals surface area (Å²) in [5.74, 6) is -0.758. The van der Waals surface area contributed by atoms with Gasteiger partial charge in [0, 0.05) is 30.2 Å². The van der Waals surface area contributed by atoms with Crippen LogP contribution in [0.1, 0.15) is 31.7 Å². The SMILES string of the molecule is CCCNC(=O)C(Cc1c[nH]c2ccccc12)NP(N)(=O)N1CCC[C@H](N)C1=O. The van der Waals surface area contributed by atoms with Gasteiger partial charge in [0.25, 0.3) is 0 Å². The van der Waals surface area contributed by atoms with Crippen molar-refractivity contribution < 1.29 is 14.2 Å². The topological polar surface area (TPSA) is 146 Å². The molecule has 2 unspecified atom stereocenters. The van der Waals surface area contributed by atoms with Gasteiger partial charge < -0.3 is 16.0 Å². The third-order valence-corrected chi connectivity index (χ3v) is 6.92. The number of benzene rings is 1. The van der Waals surface area contributed by atoms with E-state index in [0.29, 0.717) is 19.4 Å². The zero-order valence-electron chi connectivity index (χ0n) is 16.6. The zero-order chi connectivity index (χ0) is 21.0. The number of fused-ring (bicyclic) bond motifs is 1. The summed E-state index contributed by atoms with van der Waals surface area (Å²) in [5.41, 5.74) is 13.7. The van der Waals surface area contributed by atoms with Crippen LogP contribution in [0.25, 0.3) is 10.9 Å². The second-order valence-corrected chi connectivity index (χ2v) is 9.36. The number of rotatable bonds is 8. The number of aromatic nitrogens is 1. The van der Waals surface area contributed by atoms with Gasteiger partial charge in [-0.15, -0.1) is 0 Å². The van der Waals surface area contributed by atoms with Gasteiger partial charge in [-0.2, -0.15) is 0 Å². The van der Waals surface area contributed by atoms with Gasteiger partial charge in [-0.25, -0.2) is 5.09 Å². The standard InChI is InChI=1S/C19H29N6O3P/c1-2-9-22-18(26)17(11-13-12-23-16-8-4-3-6-14(13)16)24-29(21,28)25-10-5-7-15(20)19(25)27/h3-4,6,8,12,15,17,23H,2,5,7,9-11,20H2,1H3,(H,22,26)(H3,21,24,28)/t15-,17?,29?/m0/s1. The van der Waals surface area contributed by atoms with Gasteiger partial charge in [-0.05, 0) is 37.3 Å². The minimum absolute atomic E-state index is 0.254. The molecule has 10 heteroatoms. The lowest BCUT2D eigenvalue weighted by Gasteiger charge is -2.36. The molecule has 1 aliphatic heterocycles. The average molecular weight is 420 g/mol. The molecular formula is C19H29N6O3P. The van der Waals surface area contributed by atoms with Gasteiger partial charge in [0.1, 0.15) is 0 Å². The monoisotopic (exact) mass is 420 g/mol. The molecule has 0 spiro atoms. The molecule has 2 heterocycles. The first-order valence-electron chi connectivity index (χ1n) is 9.90. The fraction of sp³-hybridized carbons (Fsp3) is 0.474. The van der Waals surface area contributed by atoms with Crippen molar-refractivity contribution in [1.82, 2.24) is 20.1 Å². The minimum Gasteiger partial charge on any atom is -0.361 e. The quantitative estimate of drug-likeness (QED) is 0.406. The van der Waals surface area contributed by atoms with Crippen molar-refractivity contribution in [3.8, 4) is 0 Å². The Bertz CT molecular complexity index is 930. The number of carbonyl (C=O) groups excluding carboxylic acids is 2. The van der Waals surface area contributed by atoms with Crippen molar-refractivity contribution in [3.63, 3.8) is 0 Å². The Morgan fingerprint density at radius 3 is 2.93 bits per heavy atom. The van der Waals surface area contributed by atoms with Crippen molar-refractivity contribution in [1.29, 1.82) is 0 Å². The molecule has 2 aromatic rings. The molecule has 1 aromatic heterocycles.